The lowest BCUT2D eigenvalue weighted by Crippen LogP contribution is -2.37. The van der Waals surface area contributed by atoms with Crippen molar-refractivity contribution in [2.75, 3.05) is 18.4 Å². The summed E-state index contributed by atoms with van der Waals surface area (Å²) >= 11 is 0. The van der Waals surface area contributed by atoms with Crippen LogP contribution in [0.1, 0.15) is 65.8 Å². The Kier molecular flexibility index (Phi) is 7.47. The molecule has 1 aliphatic rings. The third-order valence-corrected chi connectivity index (χ3v) is 6.46. The van der Waals surface area contributed by atoms with Crippen LogP contribution in [0.15, 0.2) is 33.6 Å². The van der Waals surface area contributed by atoms with Gasteiger partial charge in [-0.3, -0.25) is 9.59 Å². The first kappa shape index (κ1) is 25.4. The summed E-state index contributed by atoms with van der Waals surface area (Å²) < 4.78 is 38.3. The number of hydrogen-bond acceptors (Lipinski definition) is 7. The second-order valence-corrected chi connectivity index (χ2v) is 10.7. The molecule has 0 saturated heterocycles. The number of ketones is 1. The highest BCUT2D eigenvalue weighted by atomic mass is 32.2. The molecule has 3 rings (SSSR count). The first-order valence-electron chi connectivity index (χ1n) is 10.9. The Morgan fingerprint density at radius 3 is 2.56 bits per heavy atom. The maximum Gasteiger partial charge on any atom is 0.407 e. The van der Waals surface area contributed by atoms with Gasteiger partial charge in [-0.1, -0.05) is 6.07 Å². The number of nitrogens with one attached hydrogen (secondary N) is 3. The van der Waals surface area contributed by atoms with Gasteiger partial charge >= 0.3 is 6.09 Å². The van der Waals surface area contributed by atoms with Crippen LogP contribution in [0.5, 0.6) is 0 Å². The van der Waals surface area contributed by atoms with Crippen LogP contribution >= 0.6 is 0 Å². The van der Waals surface area contributed by atoms with Crippen LogP contribution in [0.2, 0.25) is 0 Å². The van der Waals surface area contributed by atoms with Crippen LogP contribution < -0.4 is 15.4 Å². The Morgan fingerprint density at radius 1 is 1.15 bits per heavy atom. The standard InChI is InChI=1S/C23H29N3O7S/c1-14-19-17(27)9-6-10-18(19)32-20(14)21(28)26-15-7-5-8-16(13-15)34(30,31)25-12-11-24-22(29)33-23(2,3)4/h5,7-8,13,25H,6,9-12H2,1-4H3,(H,24,29)(H,26,28). The molecule has 10 nitrogen and oxygen atoms in total. The molecule has 1 heterocycles. The van der Waals surface area contributed by atoms with E-state index in [0.717, 1.165) is 0 Å². The van der Waals surface area contributed by atoms with Crippen molar-refractivity contribution in [2.45, 2.75) is 57.5 Å². The Bertz CT molecular complexity index is 1210. The van der Waals surface area contributed by atoms with Gasteiger partial charge in [0.1, 0.15) is 11.4 Å². The summed E-state index contributed by atoms with van der Waals surface area (Å²) in [5, 5.41) is 5.10. The van der Waals surface area contributed by atoms with Crippen molar-refractivity contribution in [2.24, 2.45) is 0 Å². The Labute approximate surface area is 198 Å². The molecule has 0 bridgehead atoms. The lowest BCUT2D eigenvalue weighted by atomic mass is 9.94. The number of anilines is 1. The number of rotatable bonds is 7. The molecule has 0 saturated carbocycles. The summed E-state index contributed by atoms with van der Waals surface area (Å²) in [7, 11) is -3.90. The molecule has 0 spiro atoms. The first-order chi connectivity index (χ1) is 15.9. The van der Waals surface area contributed by atoms with Crippen LogP contribution in [0.3, 0.4) is 0 Å². The molecule has 34 heavy (non-hydrogen) atoms. The van der Waals surface area contributed by atoms with Gasteiger partial charge in [-0.05, 0) is 52.3 Å². The molecule has 3 N–H and O–H groups in total. The number of alkyl carbamates (subject to hydrolysis) is 1. The smallest absolute Gasteiger partial charge is 0.407 e. The normalized spacial score (nSPS) is 13.8. The van der Waals surface area contributed by atoms with E-state index in [1.807, 2.05) is 0 Å². The monoisotopic (exact) mass is 491 g/mol. The van der Waals surface area contributed by atoms with Gasteiger partial charge in [-0.25, -0.2) is 17.9 Å². The largest absolute Gasteiger partial charge is 0.455 e. The summed E-state index contributed by atoms with van der Waals surface area (Å²) in [6.45, 7) is 6.82. The lowest BCUT2D eigenvalue weighted by Gasteiger charge is -2.19. The zero-order chi connectivity index (χ0) is 25.1. The third kappa shape index (κ3) is 6.23. The van der Waals surface area contributed by atoms with E-state index in [4.69, 9.17) is 9.15 Å². The van der Waals surface area contributed by atoms with Gasteiger partial charge in [0.15, 0.2) is 11.5 Å². The number of benzene rings is 1. The number of Topliss-reactive ketones (excluding diaryl/α,β-unsaturated/α-hetero) is 1. The van der Waals surface area contributed by atoms with Crippen molar-refractivity contribution < 1.29 is 32.0 Å². The van der Waals surface area contributed by atoms with Crippen LogP contribution in [0, 0.1) is 6.92 Å². The van der Waals surface area contributed by atoms with Crippen molar-refractivity contribution in [1.29, 1.82) is 0 Å². The predicted molar refractivity (Wildman–Crippen MR) is 125 cm³/mol. The molecular formula is C23H29N3O7S. The zero-order valence-corrected chi connectivity index (χ0v) is 20.4. The van der Waals surface area contributed by atoms with Gasteiger partial charge in [-0.2, -0.15) is 0 Å². The fraction of sp³-hybridized carbons (Fsp3) is 0.435. The van der Waals surface area contributed by atoms with Crippen LogP contribution in [0.25, 0.3) is 0 Å². The molecule has 0 unspecified atom stereocenters. The predicted octanol–water partition coefficient (Wildman–Crippen LogP) is 3.16. The number of amides is 2. The number of ether oxygens (including phenoxy) is 1. The molecular weight excluding hydrogens is 462 g/mol. The van der Waals surface area contributed by atoms with E-state index in [1.165, 1.54) is 18.2 Å². The summed E-state index contributed by atoms with van der Waals surface area (Å²) in [6.07, 6.45) is 1.06. The maximum atomic E-state index is 12.8. The van der Waals surface area contributed by atoms with Crippen molar-refractivity contribution in [3.05, 3.63) is 46.9 Å². The lowest BCUT2D eigenvalue weighted by molar-refractivity contribution is 0.0528. The van der Waals surface area contributed by atoms with Gasteiger partial charge < -0.3 is 19.8 Å². The topological polar surface area (TPSA) is 144 Å². The minimum atomic E-state index is -3.90. The van der Waals surface area contributed by atoms with E-state index in [0.29, 0.717) is 36.1 Å². The SMILES string of the molecule is Cc1c(C(=O)Nc2cccc(S(=O)(=O)NCCNC(=O)OC(C)(C)C)c2)oc2c1C(=O)CCC2. The van der Waals surface area contributed by atoms with E-state index in [9.17, 15) is 22.8 Å². The number of carbonyl (C=O) groups excluding carboxylic acids is 3. The average molecular weight is 492 g/mol. The molecule has 0 atom stereocenters. The maximum absolute atomic E-state index is 12.8. The van der Waals surface area contributed by atoms with Gasteiger partial charge in [0.2, 0.25) is 10.0 Å². The van der Waals surface area contributed by atoms with Gasteiger partial charge in [0, 0.05) is 37.2 Å². The zero-order valence-electron chi connectivity index (χ0n) is 19.6. The molecule has 1 aromatic carbocycles. The van der Waals surface area contributed by atoms with Crippen molar-refractivity contribution in [3.8, 4) is 0 Å². The highest BCUT2D eigenvalue weighted by molar-refractivity contribution is 7.89. The van der Waals surface area contributed by atoms with E-state index in [2.05, 4.69) is 15.4 Å². The molecule has 1 aromatic heterocycles. The molecule has 0 fully saturated rings. The molecule has 2 amide bonds. The second kappa shape index (κ2) is 9.98. The van der Waals surface area contributed by atoms with Crippen LogP contribution in [0.4, 0.5) is 10.5 Å². The second-order valence-electron chi connectivity index (χ2n) is 8.94. The minimum absolute atomic E-state index is 0.0335. The fourth-order valence-electron chi connectivity index (χ4n) is 3.54. The van der Waals surface area contributed by atoms with Gasteiger partial charge in [0.25, 0.3) is 5.91 Å². The number of furan rings is 1. The van der Waals surface area contributed by atoms with E-state index in [1.54, 1.807) is 33.8 Å². The average Bonchev–Trinajstić information content (AvgIpc) is 3.08. The van der Waals surface area contributed by atoms with Crippen LogP contribution in [-0.2, 0) is 21.2 Å². The molecule has 0 radical (unpaired) electrons. The summed E-state index contributed by atoms with van der Waals surface area (Å²) in [5.74, 6) is -0.0510. The van der Waals surface area contributed by atoms with E-state index < -0.39 is 27.6 Å². The van der Waals surface area contributed by atoms with Crippen LogP contribution in [-0.4, -0.2) is 44.9 Å². The molecule has 0 aliphatic heterocycles. The number of sulfonamides is 1. The summed E-state index contributed by atoms with van der Waals surface area (Å²) in [4.78, 5) is 36.5. The quantitative estimate of drug-likeness (QED) is 0.505. The third-order valence-electron chi connectivity index (χ3n) is 5.00. The summed E-state index contributed by atoms with van der Waals surface area (Å²) in [5.41, 5.74) is 0.550. The Balaban J connectivity index is 1.62. The summed E-state index contributed by atoms with van der Waals surface area (Å²) in [6, 6.07) is 5.73. The Hall–Kier alpha value is -3.18. The molecule has 1 aliphatic carbocycles. The van der Waals surface area contributed by atoms with Crippen molar-refractivity contribution in [3.63, 3.8) is 0 Å². The highest BCUT2D eigenvalue weighted by Gasteiger charge is 2.29. The highest BCUT2D eigenvalue weighted by Crippen LogP contribution is 2.30. The number of carbonyl (C=O) groups is 3. The van der Waals surface area contributed by atoms with Crippen molar-refractivity contribution >= 4 is 33.5 Å². The minimum Gasteiger partial charge on any atom is -0.455 e. The Morgan fingerprint density at radius 2 is 1.88 bits per heavy atom. The molecule has 2 aromatic rings. The van der Waals surface area contributed by atoms with Gasteiger partial charge in [-0.15, -0.1) is 0 Å². The first-order valence-corrected chi connectivity index (χ1v) is 12.4. The number of hydrogen-bond donors (Lipinski definition) is 3. The fourth-order valence-corrected chi connectivity index (χ4v) is 4.62. The van der Waals surface area contributed by atoms with Crippen molar-refractivity contribution in [1.82, 2.24) is 10.0 Å². The van der Waals surface area contributed by atoms with E-state index >= 15 is 0 Å². The number of aryl methyl sites for hydroxylation is 1. The number of fused-ring (bicyclic) bond motifs is 1. The van der Waals surface area contributed by atoms with E-state index in [-0.39, 0.29) is 35.2 Å². The molecule has 184 valence electrons. The van der Waals surface area contributed by atoms with Gasteiger partial charge in [0.05, 0.1) is 10.5 Å². The molecule has 11 heteroatoms.